The molecule has 1 fully saturated rings. The first-order chi connectivity index (χ1) is 8.38. The number of benzene rings is 1. The molecule has 0 aliphatic heterocycles. The lowest BCUT2D eigenvalue weighted by Gasteiger charge is -2.14. The number of hydrogen-bond donors (Lipinski definition) is 2. The van der Waals surface area contributed by atoms with Crippen LogP contribution in [0.3, 0.4) is 0 Å². The van der Waals surface area contributed by atoms with Crippen LogP contribution in [0, 0.1) is 12.3 Å². The lowest BCUT2D eigenvalue weighted by molar-refractivity contribution is 0.476. The predicted octanol–water partition coefficient (Wildman–Crippen LogP) is 2.05. The SMILES string of the molecule is CCC1(CNS(=O)(=O)c2ccc(C)cc2N)CC1. The molecule has 1 aliphatic carbocycles. The van der Waals surface area contributed by atoms with Gasteiger partial charge in [0.15, 0.2) is 0 Å². The summed E-state index contributed by atoms with van der Waals surface area (Å²) in [6.07, 6.45) is 3.23. The Morgan fingerprint density at radius 2 is 2.06 bits per heavy atom. The summed E-state index contributed by atoms with van der Waals surface area (Å²) < 4.78 is 27.0. The highest BCUT2D eigenvalue weighted by molar-refractivity contribution is 7.89. The highest BCUT2D eigenvalue weighted by Crippen LogP contribution is 2.48. The summed E-state index contributed by atoms with van der Waals surface area (Å²) in [5.74, 6) is 0. The second-order valence-electron chi connectivity index (χ2n) is 5.22. The largest absolute Gasteiger partial charge is 0.398 e. The van der Waals surface area contributed by atoms with Crippen LogP contribution in [0.1, 0.15) is 31.7 Å². The van der Waals surface area contributed by atoms with Gasteiger partial charge in [0.2, 0.25) is 10.0 Å². The normalized spacial score (nSPS) is 17.7. The Labute approximate surface area is 109 Å². The molecule has 1 aromatic rings. The maximum atomic E-state index is 12.2. The number of nitrogens with one attached hydrogen (secondary N) is 1. The van der Waals surface area contributed by atoms with Crippen LogP contribution in [0.15, 0.2) is 23.1 Å². The zero-order chi connectivity index (χ0) is 13.4. The lowest BCUT2D eigenvalue weighted by atomic mass is 10.1. The van der Waals surface area contributed by atoms with Gasteiger partial charge in [0.05, 0.1) is 5.69 Å². The molecule has 18 heavy (non-hydrogen) atoms. The second-order valence-corrected chi connectivity index (χ2v) is 6.95. The van der Waals surface area contributed by atoms with Gasteiger partial charge in [-0.25, -0.2) is 13.1 Å². The summed E-state index contributed by atoms with van der Waals surface area (Å²) in [6, 6.07) is 5.01. The summed E-state index contributed by atoms with van der Waals surface area (Å²) >= 11 is 0. The van der Waals surface area contributed by atoms with Crippen molar-refractivity contribution in [1.82, 2.24) is 4.72 Å². The van der Waals surface area contributed by atoms with Gasteiger partial charge in [-0.05, 0) is 49.3 Å². The predicted molar refractivity (Wildman–Crippen MR) is 72.7 cm³/mol. The Bertz CT molecular complexity index is 548. The van der Waals surface area contributed by atoms with E-state index in [-0.39, 0.29) is 10.3 Å². The number of nitrogens with two attached hydrogens (primary N) is 1. The van der Waals surface area contributed by atoms with Gasteiger partial charge in [-0.3, -0.25) is 0 Å². The third-order valence-corrected chi connectivity index (χ3v) is 5.27. The maximum Gasteiger partial charge on any atom is 0.242 e. The third kappa shape index (κ3) is 2.67. The molecule has 1 aromatic carbocycles. The van der Waals surface area contributed by atoms with Gasteiger partial charge in [-0.2, -0.15) is 0 Å². The van der Waals surface area contributed by atoms with E-state index in [4.69, 9.17) is 5.73 Å². The fraction of sp³-hybridized carbons (Fsp3) is 0.538. The van der Waals surface area contributed by atoms with Gasteiger partial charge >= 0.3 is 0 Å². The van der Waals surface area contributed by atoms with Crippen molar-refractivity contribution in [1.29, 1.82) is 0 Å². The maximum absolute atomic E-state index is 12.2. The van der Waals surface area contributed by atoms with Crippen LogP contribution in [-0.4, -0.2) is 15.0 Å². The molecule has 1 saturated carbocycles. The van der Waals surface area contributed by atoms with Crippen LogP contribution in [-0.2, 0) is 10.0 Å². The number of nitrogen functional groups attached to an aromatic ring is 1. The average Bonchev–Trinajstić information content (AvgIpc) is 3.07. The lowest BCUT2D eigenvalue weighted by Crippen LogP contribution is -2.30. The Balaban J connectivity index is 2.15. The first kappa shape index (κ1) is 13.4. The smallest absolute Gasteiger partial charge is 0.242 e. The minimum Gasteiger partial charge on any atom is -0.398 e. The Morgan fingerprint density at radius 3 is 2.56 bits per heavy atom. The first-order valence-electron chi connectivity index (χ1n) is 6.24. The minimum atomic E-state index is -3.49. The van der Waals surface area contributed by atoms with Gasteiger partial charge in [0, 0.05) is 6.54 Å². The molecule has 0 radical (unpaired) electrons. The van der Waals surface area contributed by atoms with Crippen LogP contribution in [0.5, 0.6) is 0 Å². The van der Waals surface area contributed by atoms with E-state index in [2.05, 4.69) is 11.6 Å². The Hall–Kier alpha value is -1.07. The van der Waals surface area contributed by atoms with E-state index in [1.807, 2.05) is 6.92 Å². The van der Waals surface area contributed by atoms with Gasteiger partial charge in [-0.1, -0.05) is 13.0 Å². The van der Waals surface area contributed by atoms with Crippen molar-refractivity contribution in [2.24, 2.45) is 5.41 Å². The molecule has 4 nitrogen and oxygen atoms in total. The van der Waals surface area contributed by atoms with Crippen molar-refractivity contribution in [3.05, 3.63) is 23.8 Å². The van der Waals surface area contributed by atoms with Crippen molar-refractivity contribution in [3.63, 3.8) is 0 Å². The Kier molecular flexibility index (Phi) is 3.38. The number of rotatable bonds is 5. The standard InChI is InChI=1S/C13H20N2O2S/c1-3-13(6-7-13)9-15-18(16,17)12-5-4-10(2)8-11(12)14/h4-5,8,15H,3,6-7,9,14H2,1-2H3. The molecule has 100 valence electrons. The minimum absolute atomic E-state index is 0.181. The number of hydrogen-bond acceptors (Lipinski definition) is 3. The molecule has 0 spiro atoms. The number of sulfonamides is 1. The van der Waals surface area contributed by atoms with E-state index in [1.165, 1.54) is 0 Å². The number of anilines is 1. The summed E-state index contributed by atoms with van der Waals surface area (Å²) in [7, 11) is -3.49. The van der Waals surface area contributed by atoms with E-state index in [0.717, 1.165) is 24.8 Å². The Morgan fingerprint density at radius 1 is 1.39 bits per heavy atom. The van der Waals surface area contributed by atoms with Crippen LogP contribution >= 0.6 is 0 Å². The molecule has 0 amide bonds. The first-order valence-corrected chi connectivity index (χ1v) is 7.73. The fourth-order valence-corrected chi connectivity index (χ4v) is 3.34. The number of aryl methyl sites for hydroxylation is 1. The average molecular weight is 268 g/mol. The van der Waals surface area contributed by atoms with Gasteiger partial charge < -0.3 is 5.73 Å². The van der Waals surface area contributed by atoms with Crippen molar-refractivity contribution in [3.8, 4) is 0 Å². The monoisotopic (exact) mass is 268 g/mol. The van der Waals surface area contributed by atoms with Gasteiger partial charge in [-0.15, -0.1) is 0 Å². The van der Waals surface area contributed by atoms with E-state index in [1.54, 1.807) is 18.2 Å². The topological polar surface area (TPSA) is 72.2 Å². The van der Waals surface area contributed by atoms with Crippen molar-refractivity contribution < 1.29 is 8.42 Å². The van der Waals surface area contributed by atoms with Gasteiger partial charge in [0.25, 0.3) is 0 Å². The molecular formula is C13H20N2O2S. The molecule has 0 unspecified atom stereocenters. The highest BCUT2D eigenvalue weighted by Gasteiger charge is 2.41. The van der Waals surface area contributed by atoms with Gasteiger partial charge in [0.1, 0.15) is 4.90 Å². The van der Waals surface area contributed by atoms with Crippen LogP contribution < -0.4 is 10.5 Å². The van der Waals surface area contributed by atoms with Crippen molar-refractivity contribution >= 4 is 15.7 Å². The van der Waals surface area contributed by atoms with Crippen molar-refractivity contribution in [2.75, 3.05) is 12.3 Å². The molecule has 0 saturated heterocycles. The quantitative estimate of drug-likeness (QED) is 0.803. The molecule has 2 rings (SSSR count). The molecule has 3 N–H and O–H groups in total. The zero-order valence-corrected chi connectivity index (χ0v) is 11.7. The molecular weight excluding hydrogens is 248 g/mol. The van der Waals surface area contributed by atoms with E-state index >= 15 is 0 Å². The molecule has 0 heterocycles. The zero-order valence-electron chi connectivity index (χ0n) is 10.9. The second kappa shape index (κ2) is 4.55. The third-order valence-electron chi connectivity index (χ3n) is 3.80. The van der Waals surface area contributed by atoms with Crippen LogP contribution in [0.2, 0.25) is 0 Å². The molecule has 0 bridgehead atoms. The highest BCUT2D eigenvalue weighted by atomic mass is 32.2. The summed E-state index contributed by atoms with van der Waals surface area (Å²) in [5.41, 5.74) is 7.23. The fourth-order valence-electron chi connectivity index (χ4n) is 2.07. The van der Waals surface area contributed by atoms with E-state index < -0.39 is 10.0 Å². The molecule has 1 aliphatic rings. The molecule has 5 heteroatoms. The summed E-state index contributed by atoms with van der Waals surface area (Å²) in [4.78, 5) is 0.181. The van der Waals surface area contributed by atoms with E-state index in [9.17, 15) is 8.42 Å². The molecule has 0 aromatic heterocycles. The molecule has 0 atom stereocenters. The van der Waals surface area contributed by atoms with Crippen LogP contribution in [0.4, 0.5) is 5.69 Å². The summed E-state index contributed by atoms with van der Waals surface area (Å²) in [6.45, 7) is 4.50. The van der Waals surface area contributed by atoms with Crippen molar-refractivity contribution in [2.45, 2.75) is 38.0 Å². The van der Waals surface area contributed by atoms with Crippen LogP contribution in [0.25, 0.3) is 0 Å². The summed E-state index contributed by atoms with van der Waals surface area (Å²) in [5, 5.41) is 0. The van der Waals surface area contributed by atoms with E-state index in [0.29, 0.717) is 12.2 Å².